The lowest BCUT2D eigenvalue weighted by Crippen LogP contribution is -2.37. The SMILES string of the molecule is CCn1nc(C)c(N)c1C(=O)NCC(C)(C)CO. The summed E-state index contributed by atoms with van der Waals surface area (Å²) in [6, 6.07) is 0. The molecule has 4 N–H and O–H groups in total. The molecule has 0 saturated heterocycles. The van der Waals surface area contributed by atoms with Crippen LogP contribution in [0, 0.1) is 12.3 Å². The fraction of sp³-hybridized carbons (Fsp3) is 0.667. The second-order valence-corrected chi connectivity index (χ2v) is 5.17. The largest absolute Gasteiger partial charge is 0.396 e. The fourth-order valence-corrected chi connectivity index (χ4v) is 1.52. The first-order chi connectivity index (χ1) is 8.32. The monoisotopic (exact) mass is 254 g/mol. The van der Waals surface area contributed by atoms with Crippen molar-refractivity contribution in [1.82, 2.24) is 15.1 Å². The summed E-state index contributed by atoms with van der Waals surface area (Å²) in [6.07, 6.45) is 0. The number of amides is 1. The lowest BCUT2D eigenvalue weighted by atomic mass is 9.95. The summed E-state index contributed by atoms with van der Waals surface area (Å²) in [5, 5.41) is 16.1. The maximum absolute atomic E-state index is 12.1. The van der Waals surface area contributed by atoms with Gasteiger partial charge in [-0.25, -0.2) is 0 Å². The number of aliphatic hydroxyl groups excluding tert-OH is 1. The van der Waals surface area contributed by atoms with E-state index in [2.05, 4.69) is 10.4 Å². The minimum atomic E-state index is -0.351. The minimum absolute atomic E-state index is 0.00876. The van der Waals surface area contributed by atoms with E-state index in [9.17, 15) is 4.79 Å². The highest BCUT2D eigenvalue weighted by Crippen LogP contribution is 2.17. The molecular weight excluding hydrogens is 232 g/mol. The molecule has 0 fully saturated rings. The topological polar surface area (TPSA) is 93.2 Å². The molecule has 0 aliphatic carbocycles. The molecular formula is C12H22N4O2. The maximum Gasteiger partial charge on any atom is 0.271 e. The van der Waals surface area contributed by atoms with E-state index < -0.39 is 0 Å². The van der Waals surface area contributed by atoms with Crippen LogP contribution in [0.4, 0.5) is 5.69 Å². The predicted molar refractivity (Wildman–Crippen MR) is 70.3 cm³/mol. The van der Waals surface area contributed by atoms with E-state index >= 15 is 0 Å². The number of aliphatic hydroxyl groups is 1. The third kappa shape index (κ3) is 3.01. The number of carbonyl (C=O) groups excluding carboxylic acids is 1. The molecule has 0 atom stereocenters. The van der Waals surface area contributed by atoms with Crippen molar-refractivity contribution >= 4 is 11.6 Å². The van der Waals surface area contributed by atoms with E-state index in [-0.39, 0.29) is 17.9 Å². The molecule has 0 spiro atoms. The molecule has 0 unspecified atom stereocenters. The Morgan fingerprint density at radius 3 is 2.67 bits per heavy atom. The number of aryl methyl sites for hydroxylation is 2. The molecule has 0 radical (unpaired) electrons. The van der Waals surface area contributed by atoms with E-state index in [4.69, 9.17) is 10.8 Å². The number of hydrogen-bond donors (Lipinski definition) is 3. The lowest BCUT2D eigenvalue weighted by Gasteiger charge is -2.21. The van der Waals surface area contributed by atoms with Gasteiger partial charge < -0.3 is 16.2 Å². The zero-order valence-corrected chi connectivity index (χ0v) is 11.4. The molecule has 0 aliphatic heterocycles. The number of nitrogen functional groups attached to an aromatic ring is 1. The van der Waals surface area contributed by atoms with E-state index in [0.717, 1.165) is 0 Å². The van der Waals surface area contributed by atoms with Crippen molar-refractivity contribution in [1.29, 1.82) is 0 Å². The normalized spacial score (nSPS) is 11.6. The van der Waals surface area contributed by atoms with E-state index in [1.165, 1.54) is 0 Å². The van der Waals surface area contributed by atoms with Crippen LogP contribution in [0.25, 0.3) is 0 Å². The van der Waals surface area contributed by atoms with Crippen LogP contribution in [0.3, 0.4) is 0 Å². The summed E-state index contributed by atoms with van der Waals surface area (Å²) < 4.78 is 1.59. The molecule has 1 aromatic rings. The summed E-state index contributed by atoms with van der Waals surface area (Å²) in [5.74, 6) is -0.253. The quantitative estimate of drug-likeness (QED) is 0.715. The van der Waals surface area contributed by atoms with Gasteiger partial charge in [0.25, 0.3) is 5.91 Å². The van der Waals surface area contributed by atoms with Crippen molar-refractivity contribution in [2.24, 2.45) is 5.41 Å². The van der Waals surface area contributed by atoms with Gasteiger partial charge in [0.2, 0.25) is 0 Å². The second-order valence-electron chi connectivity index (χ2n) is 5.17. The van der Waals surface area contributed by atoms with Gasteiger partial charge in [-0.1, -0.05) is 13.8 Å². The Labute approximate surface area is 107 Å². The van der Waals surface area contributed by atoms with Crippen molar-refractivity contribution in [2.45, 2.75) is 34.2 Å². The Morgan fingerprint density at radius 1 is 1.56 bits per heavy atom. The number of nitrogens with zero attached hydrogens (tertiary/aromatic N) is 2. The van der Waals surface area contributed by atoms with Gasteiger partial charge in [-0.05, 0) is 13.8 Å². The van der Waals surface area contributed by atoms with Gasteiger partial charge in [0.15, 0.2) is 0 Å². The molecule has 1 aromatic heterocycles. The zero-order chi connectivity index (χ0) is 13.9. The average molecular weight is 254 g/mol. The Bertz CT molecular complexity index is 438. The van der Waals surface area contributed by atoms with Gasteiger partial charge in [-0.2, -0.15) is 5.10 Å². The van der Waals surface area contributed by atoms with Crippen molar-refractivity contribution < 1.29 is 9.90 Å². The number of aromatic nitrogens is 2. The third-order valence-electron chi connectivity index (χ3n) is 2.84. The Kier molecular flexibility index (Phi) is 4.34. The van der Waals surface area contributed by atoms with Gasteiger partial charge in [-0.15, -0.1) is 0 Å². The highest BCUT2D eigenvalue weighted by molar-refractivity contribution is 5.97. The highest BCUT2D eigenvalue weighted by atomic mass is 16.3. The number of nitrogens with two attached hydrogens (primary N) is 1. The van der Waals surface area contributed by atoms with Crippen LogP contribution in [0.15, 0.2) is 0 Å². The average Bonchev–Trinajstić information content (AvgIpc) is 2.62. The van der Waals surface area contributed by atoms with Crippen LogP contribution in [0.1, 0.15) is 37.0 Å². The number of carbonyl (C=O) groups is 1. The zero-order valence-electron chi connectivity index (χ0n) is 11.4. The first kappa shape index (κ1) is 14.5. The van der Waals surface area contributed by atoms with Crippen LogP contribution in [0.2, 0.25) is 0 Å². The summed E-state index contributed by atoms with van der Waals surface area (Å²) in [7, 11) is 0. The predicted octanol–water partition coefficient (Wildman–Crippen LogP) is 0.542. The molecule has 0 aromatic carbocycles. The smallest absolute Gasteiger partial charge is 0.271 e. The van der Waals surface area contributed by atoms with Crippen LogP contribution >= 0.6 is 0 Å². The summed E-state index contributed by atoms with van der Waals surface area (Å²) >= 11 is 0. The first-order valence-corrected chi connectivity index (χ1v) is 6.04. The highest BCUT2D eigenvalue weighted by Gasteiger charge is 2.22. The van der Waals surface area contributed by atoms with Gasteiger partial charge in [0.1, 0.15) is 5.69 Å². The van der Waals surface area contributed by atoms with Crippen LogP contribution in [0.5, 0.6) is 0 Å². The molecule has 18 heavy (non-hydrogen) atoms. The Hall–Kier alpha value is -1.56. The number of hydrogen-bond acceptors (Lipinski definition) is 4. The van der Waals surface area contributed by atoms with Gasteiger partial charge in [-0.3, -0.25) is 9.48 Å². The standard InChI is InChI=1S/C12H22N4O2/c1-5-16-10(9(13)8(2)15-16)11(18)14-6-12(3,4)7-17/h17H,5-7,13H2,1-4H3,(H,14,18). The van der Waals surface area contributed by atoms with Gasteiger partial charge in [0, 0.05) is 25.1 Å². The molecule has 1 amide bonds. The summed E-state index contributed by atoms with van der Waals surface area (Å²) in [6.45, 7) is 8.41. The van der Waals surface area contributed by atoms with E-state index in [1.807, 2.05) is 20.8 Å². The first-order valence-electron chi connectivity index (χ1n) is 6.04. The minimum Gasteiger partial charge on any atom is -0.396 e. The molecule has 6 nitrogen and oxygen atoms in total. The van der Waals surface area contributed by atoms with Crippen molar-refractivity contribution in [3.63, 3.8) is 0 Å². The van der Waals surface area contributed by atoms with Crippen molar-refractivity contribution in [3.8, 4) is 0 Å². The van der Waals surface area contributed by atoms with Crippen LogP contribution < -0.4 is 11.1 Å². The summed E-state index contributed by atoms with van der Waals surface area (Å²) in [5.41, 5.74) is 6.97. The molecule has 0 saturated carbocycles. The maximum atomic E-state index is 12.1. The van der Waals surface area contributed by atoms with E-state index in [0.29, 0.717) is 30.2 Å². The van der Waals surface area contributed by atoms with Crippen LogP contribution in [-0.4, -0.2) is 33.9 Å². The molecule has 6 heteroatoms. The van der Waals surface area contributed by atoms with Crippen molar-refractivity contribution in [3.05, 3.63) is 11.4 Å². The second kappa shape index (κ2) is 5.39. The Morgan fingerprint density at radius 2 is 2.17 bits per heavy atom. The molecule has 1 heterocycles. The molecule has 102 valence electrons. The molecule has 0 aliphatic rings. The van der Waals surface area contributed by atoms with Gasteiger partial charge in [0.05, 0.1) is 11.4 Å². The molecule has 1 rings (SSSR count). The van der Waals surface area contributed by atoms with Crippen LogP contribution in [-0.2, 0) is 6.54 Å². The summed E-state index contributed by atoms with van der Waals surface area (Å²) in [4.78, 5) is 12.1. The fourth-order valence-electron chi connectivity index (χ4n) is 1.52. The van der Waals surface area contributed by atoms with Gasteiger partial charge >= 0.3 is 0 Å². The Balaban J connectivity index is 2.85. The number of nitrogens with one attached hydrogen (secondary N) is 1. The third-order valence-corrected chi connectivity index (χ3v) is 2.84. The number of anilines is 1. The lowest BCUT2D eigenvalue weighted by molar-refractivity contribution is 0.0901. The number of rotatable bonds is 5. The van der Waals surface area contributed by atoms with E-state index in [1.54, 1.807) is 11.6 Å². The molecule has 0 bridgehead atoms. The van der Waals surface area contributed by atoms with Crippen molar-refractivity contribution in [2.75, 3.05) is 18.9 Å².